The van der Waals surface area contributed by atoms with E-state index in [1.807, 2.05) is 0 Å². The molecule has 0 aliphatic heterocycles. The average molecular weight is 739 g/mol. The van der Waals surface area contributed by atoms with Crippen LogP contribution in [0.25, 0.3) is 82.4 Å². The van der Waals surface area contributed by atoms with E-state index in [0.29, 0.717) is 0 Å². The van der Waals surface area contributed by atoms with Crippen LogP contribution in [0.5, 0.6) is 0 Å². The number of para-hydroxylation sites is 2. The van der Waals surface area contributed by atoms with Crippen LogP contribution in [-0.4, -0.2) is 4.57 Å². The minimum atomic E-state index is 1.07. The SMILES string of the molecule is c1ccc(-c2ccc(-c3cccc4ccccc34)cc2N(c2ccc(-c3cccc4ccccc34)cc2)c2cccc(-n3c4ccccc4c4ccccc43)c2)cc1. The monoisotopic (exact) mass is 738 g/mol. The fourth-order valence-electron chi connectivity index (χ4n) is 8.89. The molecule has 0 spiro atoms. The van der Waals surface area contributed by atoms with Gasteiger partial charge in [0.05, 0.1) is 16.7 Å². The van der Waals surface area contributed by atoms with Gasteiger partial charge in [-0.05, 0) is 97.9 Å². The number of rotatable bonds is 7. The lowest BCUT2D eigenvalue weighted by Gasteiger charge is -2.29. The van der Waals surface area contributed by atoms with Crippen molar-refractivity contribution in [3.8, 4) is 39.1 Å². The van der Waals surface area contributed by atoms with Crippen molar-refractivity contribution in [1.82, 2.24) is 4.57 Å². The molecule has 58 heavy (non-hydrogen) atoms. The van der Waals surface area contributed by atoms with E-state index < -0.39 is 0 Å². The summed E-state index contributed by atoms with van der Waals surface area (Å²) in [6.45, 7) is 0. The van der Waals surface area contributed by atoms with E-state index in [1.165, 1.54) is 65.6 Å². The Bertz CT molecular complexity index is 3220. The van der Waals surface area contributed by atoms with Gasteiger partial charge >= 0.3 is 0 Å². The van der Waals surface area contributed by atoms with Crippen LogP contribution in [0.2, 0.25) is 0 Å². The maximum absolute atomic E-state index is 2.45. The van der Waals surface area contributed by atoms with Crippen LogP contribution in [-0.2, 0) is 0 Å². The van der Waals surface area contributed by atoms with Gasteiger partial charge in [0.15, 0.2) is 0 Å². The van der Waals surface area contributed by atoms with E-state index in [0.717, 1.165) is 33.9 Å². The van der Waals surface area contributed by atoms with Gasteiger partial charge in [0.2, 0.25) is 0 Å². The van der Waals surface area contributed by atoms with Crippen LogP contribution < -0.4 is 4.90 Å². The summed E-state index contributed by atoms with van der Waals surface area (Å²) in [5.74, 6) is 0. The normalized spacial score (nSPS) is 11.4. The molecule has 11 aromatic rings. The highest BCUT2D eigenvalue weighted by molar-refractivity contribution is 6.09. The number of benzene rings is 10. The largest absolute Gasteiger partial charge is 0.310 e. The molecular weight excluding hydrogens is 701 g/mol. The maximum Gasteiger partial charge on any atom is 0.0546 e. The summed E-state index contributed by atoms with van der Waals surface area (Å²) in [7, 11) is 0. The number of aromatic nitrogens is 1. The molecule has 11 rings (SSSR count). The van der Waals surface area contributed by atoms with Crippen molar-refractivity contribution in [3.63, 3.8) is 0 Å². The molecule has 272 valence electrons. The standard InChI is InChI=1S/C56H38N2/c1-2-15-41(16-3-1)51-36-33-43(50-28-13-20-40-18-5-7-24-48(40)50)37-56(51)57(44-34-31-42(32-35-44)49-27-12-19-39-17-4-6-23-47(39)49)45-21-14-22-46(38-45)58-54-29-10-8-25-52(54)53-26-9-11-30-55(53)58/h1-38H. The van der Waals surface area contributed by atoms with Gasteiger partial charge in [-0.15, -0.1) is 0 Å². The topological polar surface area (TPSA) is 8.17 Å². The summed E-state index contributed by atoms with van der Waals surface area (Å²) < 4.78 is 2.40. The van der Waals surface area contributed by atoms with Crippen molar-refractivity contribution in [2.45, 2.75) is 0 Å². The molecule has 0 saturated carbocycles. The van der Waals surface area contributed by atoms with Gasteiger partial charge in [0.1, 0.15) is 0 Å². The summed E-state index contributed by atoms with van der Waals surface area (Å²) >= 11 is 0. The second-order valence-electron chi connectivity index (χ2n) is 14.9. The molecule has 0 N–H and O–H groups in total. The van der Waals surface area contributed by atoms with Crippen LogP contribution in [0.3, 0.4) is 0 Å². The second kappa shape index (κ2) is 14.1. The van der Waals surface area contributed by atoms with Crippen molar-refractivity contribution >= 4 is 60.4 Å². The number of nitrogens with zero attached hydrogens (tertiary/aromatic N) is 2. The third kappa shape index (κ3) is 5.74. The Hall–Kier alpha value is -7.68. The molecule has 0 aliphatic rings. The Labute approximate surface area is 338 Å². The van der Waals surface area contributed by atoms with Gasteiger partial charge in [-0.25, -0.2) is 0 Å². The molecule has 2 heteroatoms. The number of fused-ring (bicyclic) bond motifs is 5. The lowest BCUT2D eigenvalue weighted by atomic mass is 9.94. The van der Waals surface area contributed by atoms with Crippen LogP contribution in [0.4, 0.5) is 17.1 Å². The summed E-state index contributed by atoms with van der Waals surface area (Å²) in [5, 5.41) is 7.46. The average Bonchev–Trinajstić information content (AvgIpc) is 3.64. The molecule has 2 nitrogen and oxygen atoms in total. The Morgan fingerprint density at radius 1 is 0.293 bits per heavy atom. The first-order valence-electron chi connectivity index (χ1n) is 19.9. The Balaban J connectivity index is 1.16. The molecular formula is C56H38N2. The smallest absolute Gasteiger partial charge is 0.0546 e. The first-order valence-corrected chi connectivity index (χ1v) is 19.9. The molecule has 0 aliphatic carbocycles. The fraction of sp³-hybridized carbons (Fsp3) is 0. The summed E-state index contributed by atoms with van der Waals surface area (Å²) in [6.07, 6.45) is 0. The maximum atomic E-state index is 2.45. The zero-order valence-corrected chi connectivity index (χ0v) is 31.8. The predicted molar refractivity (Wildman–Crippen MR) is 247 cm³/mol. The molecule has 0 bridgehead atoms. The third-order valence-corrected chi connectivity index (χ3v) is 11.6. The lowest BCUT2D eigenvalue weighted by molar-refractivity contribution is 1.17. The molecule has 0 saturated heterocycles. The zero-order valence-electron chi connectivity index (χ0n) is 31.8. The zero-order chi connectivity index (χ0) is 38.4. The van der Waals surface area contributed by atoms with Crippen molar-refractivity contribution in [1.29, 1.82) is 0 Å². The van der Waals surface area contributed by atoms with Crippen LogP contribution in [0.15, 0.2) is 231 Å². The Morgan fingerprint density at radius 3 is 1.45 bits per heavy atom. The van der Waals surface area contributed by atoms with Gasteiger partial charge in [0.25, 0.3) is 0 Å². The summed E-state index contributed by atoms with van der Waals surface area (Å²) in [5.41, 5.74) is 13.9. The van der Waals surface area contributed by atoms with E-state index in [2.05, 4.69) is 240 Å². The Kier molecular flexibility index (Phi) is 8.19. The van der Waals surface area contributed by atoms with Crippen LogP contribution >= 0.6 is 0 Å². The molecule has 10 aromatic carbocycles. The van der Waals surface area contributed by atoms with E-state index in [9.17, 15) is 0 Å². The first-order chi connectivity index (χ1) is 28.8. The predicted octanol–water partition coefficient (Wildman–Crippen LogP) is 15.6. The van der Waals surface area contributed by atoms with Gasteiger partial charge in [-0.3, -0.25) is 0 Å². The minimum absolute atomic E-state index is 1.07. The van der Waals surface area contributed by atoms with E-state index in [4.69, 9.17) is 0 Å². The van der Waals surface area contributed by atoms with E-state index in [1.54, 1.807) is 0 Å². The number of hydrogen-bond acceptors (Lipinski definition) is 1. The fourth-order valence-corrected chi connectivity index (χ4v) is 8.89. The van der Waals surface area contributed by atoms with Crippen LogP contribution in [0, 0.1) is 0 Å². The first kappa shape index (κ1) is 33.6. The van der Waals surface area contributed by atoms with Crippen molar-refractivity contribution in [2.24, 2.45) is 0 Å². The third-order valence-electron chi connectivity index (χ3n) is 11.6. The Morgan fingerprint density at radius 2 is 0.793 bits per heavy atom. The molecule has 0 atom stereocenters. The quantitative estimate of drug-likeness (QED) is 0.158. The molecule has 1 heterocycles. The molecule has 0 radical (unpaired) electrons. The van der Waals surface area contributed by atoms with Crippen molar-refractivity contribution < 1.29 is 0 Å². The highest BCUT2D eigenvalue weighted by atomic mass is 15.1. The van der Waals surface area contributed by atoms with Gasteiger partial charge in [-0.2, -0.15) is 0 Å². The summed E-state index contributed by atoms with van der Waals surface area (Å²) in [4.78, 5) is 2.45. The van der Waals surface area contributed by atoms with E-state index >= 15 is 0 Å². The van der Waals surface area contributed by atoms with Crippen LogP contribution in [0.1, 0.15) is 0 Å². The molecule has 0 amide bonds. The summed E-state index contributed by atoms with van der Waals surface area (Å²) in [6, 6.07) is 83.8. The molecule has 0 fully saturated rings. The van der Waals surface area contributed by atoms with E-state index in [-0.39, 0.29) is 0 Å². The minimum Gasteiger partial charge on any atom is -0.310 e. The van der Waals surface area contributed by atoms with Crippen molar-refractivity contribution in [2.75, 3.05) is 4.90 Å². The lowest BCUT2D eigenvalue weighted by Crippen LogP contribution is -2.12. The highest BCUT2D eigenvalue weighted by Crippen LogP contribution is 2.45. The second-order valence-corrected chi connectivity index (χ2v) is 14.9. The number of hydrogen-bond donors (Lipinski definition) is 0. The number of anilines is 3. The van der Waals surface area contributed by atoms with Gasteiger partial charge < -0.3 is 9.47 Å². The molecule has 0 unspecified atom stereocenters. The highest BCUT2D eigenvalue weighted by Gasteiger charge is 2.21. The van der Waals surface area contributed by atoms with Crippen molar-refractivity contribution in [3.05, 3.63) is 231 Å². The van der Waals surface area contributed by atoms with Gasteiger partial charge in [-0.1, -0.05) is 182 Å². The van der Waals surface area contributed by atoms with Gasteiger partial charge in [0, 0.05) is 33.4 Å². The molecule has 1 aromatic heterocycles.